The van der Waals surface area contributed by atoms with E-state index in [0.717, 1.165) is 34.4 Å². The summed E-state index contributed by atoms with van der Waals surface area (Å²) in [6.07, 6.45) is 22.8. The molecule has 6 heteroatoms. The maximum atomic E-state index is 6.63. The van der Waals surface area contributed by atoms with E-state index in [9.17, 15) is 0 Å². The van der Waals surface area contributed by atoms with Crippen molar-refractivity contribution in [3.05, 3.63) is 93.5 Å². The molecule has 3 aromatic carbocycles. The molecular weight excluding hydrogens is 783 g/mol. The van der Waals surface area contributed by atoms with Crippen LogP contribution in [-0.2, 0) is 13.5 Å². The third-order valence-corrected chi connectivity index (χ3v) is 21.7. The summed E-state index contributed by atoms with van der Waals surface area (Å²) in [6.45, 7) is 13.8. The van der Waals surface area contributed by atoms with Crippen molar-refractivity contribution in [3.8, 4) is 0 Å². The molecule has 0 amide bonds. The second-order valence-corrected chi connectivity index (χ2v) is 26.4. The van der Waals surface area contributed by atoms with Gasteiger partial charge < -0.3 is 0 Å². The van der Waals surface area contributed by atoms with E-state index >= 15 is 0 Å². The summed E-state index contributed by atoms with van der Waals surface area (Å²) in [7, 11) is 13.3. The summed E-state index contributed by atoms with van der Waals surface area (Å²) in [4.78, 5) is 4.73. The van der Waals surface area contributed by atoms with Crippen LogP contribution in [0.3, 0.4) is 0 Å². The Kier molecular flexibility index (Phi) is 14.3. The third kappa shape index (κ3) is 9.02. The van der Waals surface area contributed by atoms with Crippen LogP contribution < -0.4 is 9.80 Å². The van der Waals surface area contributed by atoms with Gasteiger partial charge in [-0.15, -0.1) is 0 Å². The van der Waals surface area contributed by atoms with E-state index in [1.165, 1.54) is 103 Å². The van der Waals surface area contributed by atoms with Crippen molar-refractivity contribution in [1.29, 1.82) is 0 Å². The molecule has 2 nitrogen and oxygen atoms in total. The molecule has 3 aliphatic carbocycles. The van der Waals surface area contributed by atoms with Crippen molar-refractivity contribution in [1.82, 2.24) is 0 Å². The molecule has 0 radical (unpaired) electrons. The molecule has 3 saturated carbocycles. The summed E-state index contributed by atoms with van der Waals surface area (Å²) in [6, 6.07) is 20.5. The minimum atomic E-state index is -2.12. The van der Waals surface area contributed by atoms with Crippen molar-refractivity contribution >= 4 is 47.8 Å². The van der Waals surface area contributed by atoms with Crippen LogP contribution in [0, 0.1) is 41.5 Å². The zero-order valence-electron chi connectivity index (χ0n) is 33.0. The molecule has 1 saturated heterocycles. The molecule has 0 N–H and O–H groups in total. The fraction of sp³-hybridized carbons (Fsp3) is 0.565. The van der Waals surface area contributed by atoms with Gasteiger partial charge in [0.2, 0.25) is 0 Å². The fourth-order valence-corrected chi connectivity index (χ4v) is 20.9. The quantitative estimate of drug-likeness (QED) is 0.180. The second-order valence-electron chi connectivity index (χ2n) is 16.5. The van der Waals surface area contributed by atoms with Gasteiger partial charge in [0.15, 0.2) is 0 Å². The summed E-state index contributed by atoms with van der Waals surface area (Å²) in [5, 5.41) is 0. The normalized spacial score (nSPS) is 19.8. The van der Waals surface area contributed by atoms with E-state index in [-0.39, 0.29) is 0 Å². The molecule has 4 fully saturated rings. The zero-order chi connectivity index (χ0) is 36.8. The Labute approximate surface area is 330 Å². The Morgan fingerprint density at radius 1 is 0.538 bits per heavy atom. The first-order valence-electron chi connectivity index (χ1n) is 20.5. The van der Waals surface area contributed by atoms with Crippen molar-refractivity contribution in [3.63, 3.8) is 0 Å². The van der Waals surface area contributed by atoms with Gasteiger partial charge in [0.05, 0.1) is 0 Å². The number of hydrogen-bond donors (Lipinski definition) is 0. The SMILES string of the molecule is C(c1ccccc1)=P(C1CCCCC1)(C1CCCCC1)C1CCCCC1.Cc1cc(C)c(N2CCN(c3c(C)cc(C)cc3C)[C]2=[Ru]([Cl])[Cl])c(C)c1. The number of benzene rings is 3. The van der Waals surface area contributed by atoms with E-state index in [0.29, 0.717) is 0 Å². The number of nitrogens with zero attached hydrogens (tertiary/aromatic N) is 2. The van der Waals surface area contributed by atoms with Gasteiger partial charge in [-0.3, -0.25) is 0 Å². The monoisotopic (exact) mass is 848 g/mol. The van der Waals surface area contributed by atoms with Crippen LogP contribution in [0.4, 0.5) is 11.4 Å². The van der Waals surface area contributed by atoms with Gasteiger partial charge in [-0.1, -0.05) is 101 Å². The molecule has 0 atom stereocenters. The van der Waals surface area contributed by atoms with Gasteiger partial charge >= 0.3 is 171 Å². The summed E-state index contributed by atoms with van der Waals surface area (Å²) in [5.74, 6) is 2.95. The van der Waals surface area contributed by atoms with Crippen LogP contribution >= 0.6 is 26.3 Å². The third-order valence-electron chi connectivity index (χ3n) is 12.7. The Balaban J connectivity index is 0.000000179. The standard InChI is InChI=1S/C25H39P.C21H26N2.2ClH.Ru/c1-5-13-22(14-6-1)21-26(23-15-7-2-8-16-23,24-17-9-3-10-18-24)25-19-11-4-12-20-25;1-14-9-16(3)20(17(4)10-14)22-7-8-23(13-22)21-18(5)11-15(2)12-19(21)6;;;/h1,5-6,13-14,21,23-25H,2-4,7-12,15-20H2;9-12H,7-8H2,1-6H3;2*1H;/q;;;;+2/p-2. The molecule has 286 valence electrons. The minimum absolute atomic E-state index is 0.914. The van der Waals surface area contributed by atoms with E-state index < -0.39 is 20.4 Å². The fourth-order valence-electron chi connectivity index (χ4n) is 10.9. The molecular formula is C46H65Cl2N2PRu. The Morgan fingerprint density at radius 2 is 0.885 bits per heavy atom. The predicted octanol–water partition coefficient (Wildman–Crippen LogP) is 13.7. The van der Waals surface area contributed by atoms with Crippen LogP contribution in [0.25, 0.3) is 0 Å². The first-order valence-corrected chi connectivity index (χ1v) is 27.9. The molecule has 0 spiro atoms. The second kappa shape index (κ2) is 18.5. The molecule has 52 heavy (non-hydrogen) atoms. The van der Waals surface area contributed by atoms with Crippen LogP contribution in [-0.4, -0.2) is 40.2 Å². The number of halogens is 2. The zero-order valence-corrected chi connectivity index (χ0v) is 37.1. The van der Waals surface area contributed by atoms with Crippen molar-refractivity contribution in [2.75, 3.05) is 22.9 Å². The van der Waals surface area contributed by atoms with Crippen LogP contribution in [0.5, 0.6) is 0 Å². The first-order chi connectivity index (χ1) is 25.1. The molecule has 0 unspecified atom stereocenters. The number of rotatable bonds is 6. The van der Waals surface area contributed by atoms with Gasteiger partial charge in [-0.05, 0) is 61.1 Å². The van der Waals surface area contributed by atoms with E-state index in [2.05, 4.69) is 112 Å². The van der Waals surface area contributed by atoms with Gasteiger partial charge in [-0.25, -0.2) is 0 Å². The van der Waals surface area contributed by atoms with Gasteiger partial charge in [0.25, 0.3) is 0 Å². The van der Waals surface area contributed by atoms with Crippen molar-refractivity contribution < 1.29 is 13.5 Å². The van der Waals surface area contributed by atoms with Gasteiger partial charge in [0.1, 0.15) is 0 Å². The first kappa shape index (κ1) is 40.3. The van der Waals surface area contributed by atoms with Crippen molar-refractivity contribution in [2.24, 2.45) is 0 Å². The molecule has 1 aliphatic heterocycles. The average molecular weight is 849 g/mol. The number of aryl methyl sites for hydroxylation is 6. The number of hydrogen-bond acceptors (Lipinski definition) is 2. The van der Waals surface area contributed by atoms with Gasteiger partial charge in [0, 0.05) is 0 Å². The Morgan fingerprint density at radius 3 is 1.21 bits per heavy atom. The van der Waals surface area contributed by atoms with Crippen LogP contribution in [0.2, 0.25) is 0 Å². The molecule has 3 aromatic rings. The summed E-state index contributed by atoms with van der Waals surface area (Å²) in [5.41, 5.74) is 15.0. The predicted molar refractivity (Wildman–Crippen MR) is 232 cm³/mol. The van der Waals surface area contributed by atoms with Crippen LogP contribution in [0.1, 0.15) is 135 Å². The van der Waals surface area contributed by atoms with E-state index in [1.54, 1.807) is 44.1 Å². The molecule has 7 rings (SSSR count). The van der Waals surface area contributed by atoms with Gasteiger partial charge in [-0.2, -0.15) is 0 Å². The maximum absolute atomic E-state index is 6.63. The van der Waals surface area contributed by atoms with E-state index in [4.69, 9.17) is 19.4 Å². The number of anilines is 2. The Bertz CT molecular complexity index is 1580. The molecule has 0 bridgehead atoms. The molecule has 0 aromatic heterocycles. The van der Waals surface area contributed by atoms with Crippen LogP contribution in [0.15, 0.2) is 54.6 Å². The van der Waals surface area contributed by atoms with Crippen molar-refractivity contribution in [2.45, 2.75) is 155 Å². The summed E-state index contributed by atoms with van der Waals surface area (Å²) < 4.78 is 1.10. The molecule has 1 heterocycles. The molecule has 4 aliphatic rings. The average Bonchev–Trinajstić information content (AvgIpc) is 3.56. The van der Waals surface area contributed by atoms with E-state index in [1.807, 2.05) is 0 Å². The topological polar surface area (TPSA) is 6.48 Å². The summed E-state index contributed by atoms with van der Waals surface area (Å²) >= 11 is -2.12. The Hall–Kier alpha value is -1.37.